The first-order chi connectivity index (χ1) is 16.2. The molecule has 0 aliphatic heterocycles. The number of esters is 1. The van der Waals surface area contributed by atoms with Crippen molar-refractivity contribution >= 4 is 27.6 Å². The molecule has 0 saturated heterocycles. The fourth-order valence-electron chi connectivity index (χ4n) is 3.04. The largest absolute Gasteiger partial charge is 0.493 e. The van der Waals surface area contributed by atoms with Crippen molar-refractivity contribution in [2.24, 2.45) is 5.14 Å². The molecule has 178 valence electrons. The molecular weight excluding hydrogens is 460 g/mol. The van der Waals surface area contributed by atoms with Gasteiger partial charge in [0.2, 0.25) is 10.0 Å². The van der Waals surface area contributed by atoms with E-state index in [0.29, 0.717) is 23.7 Å². The van der Waals surface area contributed by atoms with Crippen molar-refractivity contribution in [3.8, 4) is 11.5 Å². The van der Waals surface area contributed by atoms with Crippen LogP contribution in [0, 0.1) is 6.92 Å². The topological polar surface area (TPSA) is 134 Å². The lowest BCUT2D eigenvalue weighted by atomic mass is 10.2. The van der Waals surface area contributed by atoms with Crippen LogP contribution in [-0.4, -0.2) is 34.0 Å². The highest BCUT2D eigenvalue weighted by atomic mass is 32.2. The van der Waals surface area contributed by atoms with Crippen LogP contribution in [0.4, 0.5) is 5.69 Å². The average molecular weight is 485 g/mol. The van der Waals surface area contributed by atoms with Gasteiger partial charge in [-0.05, 0) is 48.4 Å². The van der Waals surface area contributed by atoms with Crippen LogP contribution in [0.3, 0.4) is 0 Å². The molecule has 0 unspecified atom stereocenters. The fraction of sp³-hybridized carbons (Fsp3) is 0.167. The molecule has 1 amide bonds. The molecule has 0 bridgehead atoms. The van der Waals surface area contributed by atoms with Gasteiger partial charge in [-0.25, -0.2) is 18.4 Å². The highest BCUT2D eigenvalue weighted by Gasteiger charge is 2.16. The number of aryl methyl sites for hydroxylation is 1. The summed E-state index contributed by atoms with van der Waals surface area (Å²) in [5, 5.41) is 7.65. The molecule has 0 spiro atoms. The first kappa shape index (κ1) is 24.7. The molecule has 10 heteroatoms. The zero-order valence-electron chi connectivity index (χ0n) is 18.6. The van der Waals surface area contributed by atoms with Gasteiger partial charge in [-0.1, -0.05) is 36.4 Å². The molecule has 3 rings (SSSR count). The smallest absolute Gasteiger partial charge is 0.338 e. The Labute approximate surface area is 197 Å². The van der Waals surface area contributed by atoms with Gasteiger partial charge in [0, 0.05) is 5.69 Å². The number of carbonyl (C=O) groups excluding carboxylic acids is 2. The van der Waals surface area contributed by atoms with E-state index >= 15 is 0 Å². The van der Waals surface area contributed by atoms with E-state index in [1.807, 2.05) is 30.3 Å². The van der Waals surface area contributed by atoms with Gasteiger partial charge in [0.1, 0.15) is 6.61 Å². The standard InChI is InChI=1S/C24H24N2O7S/c1-16-8-10-19(13-22(16)34(25,29)30)26-23(27)15-33-24(28)18-9-11-20(21(12-18)31-2)32-14-17-6-4-3-5-7-17/h3-13H,14-15H2,1-2H3,(H,26,27)(H2,25,29,30). The van der Waals surface area contributed by atoms with Crippen LogP contribution >= 0.6 is 0 Å². The van der Waals surface area contributed by atoms with Gasteiger partial charge in [-0.15, -0.1) is 0 Å². The summed E-state index contributed by atoms with van der Waals surface area (Å²) in [4.78, 5) is 24.5. The van der Waals surface area contributed by atoms with Crippen molar-refractivity contribution in [3.05, 3.63) is 83.4 Å². The number of anilines is 1. The molecule has 34 heavy (non-hydrogen) atoms. The van der Waals surface area contributed by atoms with Crippen LogP contribution < -0.4 is 19.9 Å². The van der Waals surface area contributed by atoms with E-state index in [1.165, 1.54) is 37.4 Å². The number of ether oxygens (including phenoxy) is 3. The number of amides is 1. The summed E-state index contributed by atoms with van der Waals surface area (Å²) in [7, 11) is -2.49. The van der Waals surface area contributed by atoms with E-state index in [0.717, 1.165) is 5.56 Å². The van der Waals surface area contributed by atoms with Crippen LogP contribution in [0.15, 0.2) is 71.6 Å². The number of hydrogen-bond donors (Lipinski definition) is 2. The predicted octanol–water partition coefficient (Wildman–Crippen LogP) is 3.03. The van der Waals surface area contributed by atoms with Crippen molar-refractivity contribution in [2.75, 3.05) is 19.0 Å². The Hall–Kier alpha value is -3.89. The number of hydrogen-bond acceptors (Lipinski definition) is 7. The van der Waals surface area contributed by atoms with Crippen molar-refractivity contribution < 1.29 is 32.2 Å². The van der Waals surface area contributed by atoms with Gasteiger partial charge < -0.3 is 19.5 Å². The SMILES string of the molecule is COc1cc(C(=O)OCC(=O)Nc2ccc(C)c(S(N)(=O)=O)c2)ccc1OCc1ccccc1. The van der Waals surface area contributed by atoms with E-state index < -0.39 is 28.5 Å². The number of rotatable bonds is 9. The Kier molecular flexibility index (Phi) is 7.87. The molecule has 0 radical (unpaired) electrons. The van der Waals surface area contributed by atoms with Crippen LogP contribution in [-0.2, 0) is 26.2 Å². The molecule has 3 aromatic carbocycles. The maximum atomic E-state index is 12.4. The minimum Gasteiger partial charge on any atom is -0.493 e. The maximum Gasteiger partial charge on any atom is 0.338 e. The second-order valence-electron chi connectivity index (χ2n) is 7.29. The molecular formula is C24H24N2O7S. The summed E-state index contributed by atoms with van der Waals surface area (Å²) in [6.45, 7) is 1.33. The lowest BCUT2D eigenvalue weighted by Gasteiger charge is -2.12. The highest BCUT2D eigenvalue weighted by molar-refractivity contribution is 7.89. The quantitative estimate of drug-likeness (QED) is 0.446. The number of primary sulfonamides is 1. The molecule has 0 heterocycles. The Morgan fingerprint density at radius 1 is 0.971 bits per heavy atom. The number of nitrogens with one attached hydrogen (secondary N) is 1. The van der Waals surface area contributed by atoms with Gasteiger partial charge >= 0.3 is 5.97 Å². The lowest BCUT2D eigenvalue weighted by molar-refractivity contribution is -0.119. The van der Waals surface area contributed by atoms with Crippen LogP contribution in [0.1, 0.15) is 21.5 Å². The summed E-state index contributed by atoms with van der Waals surface area (Å²) in [5.41, 5.74) is 1.79. The molecule has 3 N–H and O–H groups in total. The normalized spacial score (nSPS) is 10.9. The molecule has 0 aliphatic rings. The number of sulfonamides is 1. The van der Waals surface area contributed by atoms with Crippen LogP contribution in [0.25, 0.3) is 0 Å². The third-order valence-corrected chi connectivity index (χ3v) is 5.80. The number of benzene rings is 3. The Morgan fingerprint density at radius 2 is 1.71 bits per heavy atom. The average Bonchev–Trinajstić information content (AvgIpc) is 2.82. The predicted molar refractivity (Wildman–Crippen MR) is 125 cm³/mol. The summed E-state index contributed by atoms with van der Waals surface area (Å²) < 4.78 is 39.4. The molecule has 0 saturated carbocycles. The fourth-order valence-corrected chi connectivity index (χ4v) is 3.85. The first-order valence-electron chi connectivity index (χ1n) is 10.1. The summed E-state index contributed by atoms with van der Waals surface area (Å²) >= 11 is 0. The monoisotopic (exact) mass is 484 g/mol. The van der Waals surface area contributed by atoms with Gasteiger partial charge in [-0.3, -0.25) is 4.79 Å². The Balaban J connectivity index is 1.59. The van der Waals surface area contributed by atoms with Crippen molar-refractivity contribution in [3.63, 3.8) is 0 Å². The number of methoxy groups -OCH3 is 1. The third-order valence-electron chi connectivity index (χ3n) is 4.75. The Bertz CT molecular complexity index is 1290. The minimum atomic E-state index is -3.94. The molecule has 0 fully saturated rings. The first-order valence-corrected chi connectivity index (χ1v) is 11.7. The molecule has 9 nitrogen and oxygen atoms in total. The van der Waals surface area contributed by atoms with E-state index in [-0.39, 0.29) is 16.1 Å². The second kappa shape index (κ2) is 10.8. The zero-order valence-corrected chi connectivity index (χ0v) is 19.4. The van der Waals surface area contributed by atoms with E-state index in [2.05, 4.69) is 5.32 Å². The summed E-state index contributed by atoms with van der Waals surface area (Å²) in [6, 6.07) is 18.4. The Morgan fingerprint density at radius 3 is 2.38 bits per heavy atom. The van der Waals surface area contributed by atoms with E-state index in [1.54, 1.807) is 13.0 Å². The summed E-state index contributed by atoms with van der Waals surface area (Å²) in [6.07, 6.45) is 0. The van der Waals surface area contributed by atoms with Crippen molar-refractivity contribution in [2.45, 2.75) is 18.4 Å². The van der Waals surface area contributed by atoms with Gasteiger partial charge in [0.05, 0.1) is 17.6 Å². The van der Waals surface area contributed by atoms with Crippen LogP contribution in [0.2, 0.25) is 0 Å². The third kappa shape index (κ3) is 6.56. The highest BCUT2D eigenvalue weighted by Crippen LogP contribution is 2.29. The molecule has 0 atom stereocenters. The molecule has 0 aliphatic carbocycles. The van der Waals surface area contributed by atoms with Gasteiger partial charge in [0.25, 0.3) is 5.91 Å². The van der Waals surface area contributed by atoms with Gasteiger partial charge in [0.15, 0.2) is 18.1 Å². The van der Waals surface area contributed by atoms with Gasteiger partial charge in [-0.2, -0.15) is 0 Å². The number of carbonyl (C=O) groups is 2. The van der Waals surface area contributed by atoms with Crippen LogP contribution in [0.5, 0.6) is 11.5 Å². The maximum absolute atomic E-state index is 12.4. The van der Waals surface area contributed by atoms with Crippen molar-refractivity contribution in [1.82, 2.24) is 0 Å². The zero-order chi connectivity index (χ0) is 24.7. The van der Waals surface area contributed by atoms with Crippen molar-refractivity contribution in [1.29, 1.82) is 0 Å². The molecule has 3 aromatic rings. The van der Waals surface area contributed by atoms with E-state index in [4.69, 9.17) is 19.3 Å². The van der Waals surface area contributed by atoms with E-state index in [9.17, 15) is 18.0 Å². The lowest BCUT2D eigenvalue weighted by Crippen LogP contribution is -2.21. The molecule has 0 aromatic heterocycles. The summed E-state index contributed by atoms with van der Waals surface area (Å²) in [5.74, 6) is -0.597. The number of nitrogens with two attached hydrogens (primary N) is 1. The second-order valence-corrected chi connectivity index (χ2v) is 8.82. The minimum absolute atomic E-state index is 0.107.